The molecule has 0 saturated heterocycles. The van der Waals surface area contributed by atoms with Crippen molar-refractivity contribution in [3.05, 3.63) is 40.4 Å². The molecule has 1 aromatic heterocycles. The van der Waals surface area contributed by atoms with Gasteiger partial charge in [-0.15, -0.1) is 0 Å². The van der Waals surface area contributed by atoms with Gasteiger partial charge in [-0.05, 0) is 43.7 Å². The van der Waals surface area contributed by atoms with Crippen molar-refractivity contribution in [2.45, 2.75) is 20.8 Å². The Balaban J connectivity index is 2.12. The Kier molecular flexibility index (Phi) is 4.70. The van der Waals surface area contributed by atoms with Crippen molar-refractivity contribution < 1.29 is 9.53 Å². The fourth-order valence-electron chi connectivity index (χ4n) is 1.80. The number of aromatic nitrogens is 1. The van der Waals surface area contributed by atoms with Crippen LogP contribution in [0.25, 0.3) is 0 Å². The Morgan fingerprint density at radius 3 is 2.48 bits per heavy atom. The van der Waals surface area contributed by atoms with Gasteiger partial charge < -0.3 is 4.74 Å². The standard InChI is InChI=1S/C15H17N3O2S/c1-9(12-5-7-13(20-4)8-6-12)17-18-15-16-10(2)14(21-15)11(3)19/h5-8H,1-4H3,(H,16,18)/b17-9-. The summed E-state index contributed by atoms with van der Waals surface area (Å²) in [6, 6.07) is 7.65. The van der Waals surface area contributed by atoms with E-state index in [-0.39, 0.29) is 5.78 Å². The minimum atomic E-state index is 0.0221. The van der Waals surface area contributed by atoms with E-state index in [4.69, 9.17) is 4.74 Å². The predicted octanol–water partition coefficient (Wildman–Crippen LogP) is 3.50. The Morgan fingerprint density at radius 1 is 1.29 bits per heavy atom. The first-order valence-corrected chi connectivity index (χ1v) is 7.26. The van der Waals surface area contributed by atoms with Gasteiger partial charge in [0, 0.05) is 6.92 Å². The second kappa shape index (κ2) is 6.49. The van der Waals surface area contributed by atoms with E-state index < -0.39 is 0 Å². The number of hydrazone groups is 1. The Hall–Kier alpha value is -2.21. The van der Waals surface area contributed by atoms with Gasteiger partial charge in [-0.2, -0.15) is 5.10 Å². The highest BCUT2D eigenvalue weighted by Crippen LogP contribution is 2.23. The molecule has 0 fully saturated rings. The molecular weight excluding hydrogens is 286 g/mol. The van der Waals surface area contributed by atoms with E-state index in [1.807, 2.05) is 38.1 Å². The number of rotatable bonds is 5. The van der Waals surface area contributed by atoms with Gasteiger partial charge in [0.15, 0.2) is 5.78 Å². The first-order chi connectivity index (χ1) is 10.0. The summed E-state index contributed by atoms with van der Waals surface area (Å²) >= 11 is 1.31. The van der Waals surface area contributed by atoms with Crippen LogP contribution in [0.1, 0.15) is 34.8 Å². The molecule has 1 N–H and O–H groups in total. The molecule has 21 heavy (non-hydrogen) atoms. The minimum Gasteiger partial charge on any atom is -0.497 e. The molecule has 0 unspecified atom stereocenters. The number of ketones is 1. The zero-order valence-corrected chi connectivity index (χ0v) is 13.2. The number of nitrogens with one attached hydrogen (secondary N) is 1. The second-order valence-electron chi connectivity index (χ2n) is 4.53. The van der Waals surface area contributed by atoms with E-state index in [2.05, 4.69) is 15.5 Å². The van der Waals surface area contributed by atoms with E-state index in [9.17, 15) is 4.79 Å². The number of hydrogen-bond donors (Lipinski definition) is 1. The van der Waals surface area contributed by atoms with E-state index >= 15 is 0 Å². The molecule has 0 aliphatic heterocycles. The van der Waals surface area contributed by atoms with Crippen LogP contribution in [-0.2, 0) is 0 Å². The van der Waals surface area contributed by atoms with Gasteiger partial charge >= 0.3 is 0 Å². The monoisotopic (exact) mass is 303 g/mol. The molecule has 5 nitrogen and oxygen atoms in total. The van der Waals surface area contributed by atoms with Crippen molar-refractivity contribution in [3.8, 4) is 5.75 Å². The topological polar surface area (TPSA) is 63.6 Å². The highest BCUT2D eigenvalue weighted by atomic mass is 32.1. The summed E-state index contributed by atoms with van der Waals surface area (Å²) in [4.78, 5) is 16.3. The molecule has 0 radical (unpaired) electrons. The van der Waals surface area contributed by atoms with Crippen molar-refractivity contribution >= 4 is 28.0 Å². The maximum Gasteiger partial charge on any atom is 0.204 e. The van der Waals surface area contributed by atoms with Gasteiger partial charge in [0.1, 0.15) is 5.75 Å². The van der Waals surface area contributed by atoms with Gasteiger partial charge in [-0.25, -0.2) is 4.98 Å². The number of Topliss-reactive ketones (excluding diaryl/α,β-unsaturated/α-hetero) is 1. The third-order valence-corrected chi connectivity index (χ3v) is 4.11. The maximum atomic E-state index is 11.4. The molecule has 110 valence electrons. The van der Waals surface area contributed by atoms with Crippen LogP contribution in [0.4, 0.5) is 5.13 Å². The third kappa shape index (κ3) is 3.66. The number of benzene rings is 1. The normalized spacial score (nSPS) is 11.3. The summed E-state index contributed by atoms with van der Waals surface area (Å²) in [5.41, 5.74) is 5.45. The summed E-state index contributed by atoms with van der Waals surface area (Å²) in [7, 11) is 1.63. The number of ether oxygens (including phenoxy) is 1. The van der Waals surface area contributed by atoms with Crippen LogP contribution in [-0.4, -0.2) is 23.6 Å². The summed E-state index contributed by atoms with van der Waals surface area (Å²) in [5.74, 6) is 0.829. The molecule has 0 bridgehead atoms. The Morgan fingerprint density at radius 2 is 1.95 bits per heavy atom. The number of hydrogen-bond acceptors (Lipinski definition) is 6. The second-order valence-corrected chi connectivity index (χ2v) is 5.53. The van der Waals surface area contributed by atoms with Gasteiger partial charge in [0.2, 0.25) is 5.13 Å². The summed E-state index contributed by atoms with van der Waals surface area (Å²) in [5, 5.41) is 4.91. The first kappa shape index (κ1) is 15.2. The number of carbonyl (C=O) groups is 1. The smallest absolute Gasteiger partial charge is 0.204 e. The predicted molar refractivity (Wildman–Crippen MR) is 85.7 cm³/mol. The molecule has 0 spiro atoms. The summed E-state index contributed by atoms with van der Waals surface area (Å²) in [6.45, 7) is 5.26. The molecule has 6 heteroatoms. The average molecular weight is 303 g/mol. The van der Waals surface area contributed by atoms with Crippen molar-refractivity contribution in [2.75, 3.05) is 12.5 Å². The zero-order chi connectivity index (χ0) is 15.4. The quantitative estimate of drug-likeness (QED) is 0.521. The molecule has 2 aromatic rings. The number of aryl methyl sites for hydroxylation is 1. The average Bonchev–Trinajstić information content (AvgIpc) is 2.86. The molecular formula is C15H17N3O2S. The molecule has 0 atom stereocenters. The fourth-order valence-corrected chi connectivity index (χ4v) is 2.60. The molecule has 0 aliphatic rings. The minimum absolute atomic E-state index is 0.0221. The van der Waals surface area contributed by atoms with Crippen LogP contribution in [0.2, 0.25) is 0 Å². The van der Waals surface area contributed by atoms with Crippen molar-refractivity contribution in [3.63, 3.8) is 0 Å². The van der Waals surface area contributed by atoms with Crippen molar-refractivity contribution in [1.82, 2.24) is 4.98 Å². The lowest BCUT2D eigenvalue weighted by atomic mass is 10.1. The highest BCUT2D eigenvalue weighted by Gasteiger charge is 2.10. The zero-order valence-electron chi connectivity index (χ0n) is 12.4. The van der Waals surface area contributed by atoms with Gasteiger partial charge in [0.05, 0.1) is 23.4 Å². The van der Waals surface area contributed by atoms with Gasteiger partial charge in [-0.1, -0.05) is 11.3 Å². The van der Waals surface area contributed by atoms with Crippen LogP contribution in [0.3, 0.4) is 0 Å². The molecule has 0 saturated carbocycles. The van der Waals surface area contributed by atoms with Crippen LogP contribution < -0.4 is 10.2 Å². The fraction of sp³-hybridized carbons (Fsp3) is 0.267. The van der Waals surface area contributed by atoms with E-state index in [1.165, 1.54) is 18.3 Å². The molecule has 1 aromatic carbocycles. The summed E-state index contributed by atoms with van der Waals surface area (Å²) in [6.07, 6.45) is 0. The van der Waals surface area contributed by atoms with Crippen LogP contribution in [0, 0.1) is 6.92 Å². The highest BCUT2D eigenvalue weighted by molar-refractivity contribution is 7.17. The van der Waals surface area contributed by atoms with Crippen LogP contribution >= 0.6 is 11.3 Å². The molecule has 2 rings (SSSR count). The molecule has 0 amide bonds. The molecule has 0 aliphatic carbocycles. The maximum absolute atomic E-state index is 11.4. The SMILES string of the molecule is COc1ccc(/C(C)=N\Nc2nc(C)c(C(C)=O)s2)cc1. The van der Waals surface area contributed by atoms with E-state index in [0.29, 0.717) is 10.0 Å². The molecule has 1 heterocycles. The van der Waals surface area contributed by atoms with Crippen LogP contribution in [0.5, 0.6) is 5.75 Å². The first-order valence-electron chi connectivity index (χ1n) is 6.44. The number of anilines is 1. The van der Waals surface area contributed by atoms with Crippen molar-refractivity contribution in [1.29, 1.82) is 0 Å². The number of thiazole rings is 1. The van der Waals surface area contributed by atoms with E-state index in [1.54, 1.807) is 7.11 Å². The van der Waals surface area contributed by atoms with Crippen LogP contribution in [0.15, 0.2) is 29.4 Å². The largest absolute Gasteiger partial charge is 0.497 e. The third-order valence-electron chi connectivity index (χ3n) is 2.94. The Labute approximate surface area is 127 Å². The van der Waals surface area contributed by atoms with Gasteiger partial charge in [-0.3, -0.25) is 10.2 Å². The van der Waals surface area contributed by atoms with Gasteiger partial charge in [0.25, 0.3) is 0 Å². The van der Waals surface area contributed by atoms with E-state index in [0.717, 1.165) is 22.7 Å². The van der Waals surface area contributed by atoms with Crippen molar-refractivity contribution in [2.24, 2.45) is 5.10 Å². The number of methoxy groups -OCH3 is 1. The number of nitrogens with zero attached hydrogens (tertiary/aromatic N) is 2. The Bertz CT molecular complexity index is 675. The summed E-state index contributed by atoms with van der Waals surface area (Å²) < 4.78 is 5.12. The lowest BCUT2D eigenvalue weighted by Crippen LogP contribution is -1.99. The number of carbonyl (C=O) groups excluding carboxylic acids is 1. The lowest BCUT2D eigenvalue weighted by molar-refractivity contribution is 0.102. The lowest BCUT2D eigenvalue weighted by Gasteiger charge is -2.03.